The van der Waals surface area contributed by atoms with Gasteiger partial charge in [-0.05, 0) is 55.8 Å². The molecular weight excluding hydrogens is 262 g/mol. The Hall–Kier alpha value is -1.12. The van der Waals surface area contributed by atoms with E-state index in [0.29, 0.717) is 6.04 Å². The SMILES string of the molecule is CCNC(c1cc(C)c(C)s1)C1CC1c1ccccc1. The average Bonchev–Trinajstić information content (AvgIpc) is 3.18. The van der Waals surface area contributed by atoms with Gasteiger partial charge in [-0.3, -0.25) is 0 Å². The molecule has 1 aliphatic carbocycles. The number of hydrogen-bond donors (Lipinski definition) is 1. The highest BCUT2D eigenvalue weighted by molar-refractivity contribution is 7.12. The lowest BCUT2D eigenvalue weighted by Crippen LogP contribution is -2.22. The monoisotopic (exact) mass is 285 g/mol. The van der Waals surface area contributed by atoms with E-state index in [-0.39, 0.29) is 0 Å². The van der Waals surface area contributed by atoms with Gasteiger partial charge in [0.2, 0.25) is 0 Å². The molecular formula is C18H23NS. The predicted octanol–water partition coefficient (Wildman–Crippen LogP) is 4.82. The van der Waals surface area contributed by atoms with E-state index in [1.807, 2.05) is 11.3 Å². The number of thiophene rings is 1. The number of nitrogens with one attached hydrogen (secondary N) is 1. The molecule has 1 heterocycles. The maximum atomic E-state index is 3.71. The van der Waals surface area contributed by atoms with Gasteiger partial charge >= 0.3 is 0 Å². The Morgan fingerprint density at radius 3 is 2.60 bits per heavy atom. The predicted molar refractivity (Wildman–Crippen MR) is 87.5 cm³/mol. The van der Waals surface area contributed by atoms with Gasteiger partial charge in [-0.1, -0.05) is 37.3 Å². The van der Waals surface area contributed by atoms with Gasteiger partial charge in [0.05, 0.1) is 0 Å². The van der Waals surface area contributed by atoms with Gasteiger partial charge in [-0.2, -0.15) is 0 Å². The molecule has 0 saturated heterocycles. The highest BCUT2D eigenvalue weighted by Gasteiger charge is 2.44. The van der Waals surface area contributed by atoms with Gasteiger partial charge in [0, 0.05) is 15.8 Å². The van der Waals surface area contributed by atoms with Crippen molar-refractivity contribution in [2.24, 2.45) is 5.92 Å². The van der Waals surface area contributed by atoms with Gasteiger partial charge in [0.1, 0.15) is 0 Å². The zero-order valence-electron chi connectivity index (χ0n) is 12.5. The number of hydrogen-bond acceptors (Lipinski definition) is 2. The van der Waals surface area contributed by atoms with Crippen LogP contribution in [0.2, 0.25) is 0 Å². The zero-order chi connectivity index (χ0) is 14.1. The van der Waals surface area contributed by atoms with Crippen LogP contribution in [0.15, 0.2) is 36.4 Å². The second-order valence-corrected chi connectivity index (χ2v) is 7.13. The van der Waals surface area contributed by atoms with E-state index in [1.165, 1.54) is 27.3 Å². The zero-order valence-corrected chi connectivity index (χ0v) is 13.3. The molecule has 1 fully saturated rings. The van der Waals surface area contributed by atoms with Crippen molar-refractivity contribution < 1.29 is 0 Å². The highest BCUT2D eigenvalue weighted by atomic mass is 32.1. The largest absolute Gasteiger partial charge is 0.309 e. The summed E-state index contributed by atoms with van der Waals surface area (Å²) in [7, 11) is 0. The van der Waals surface area contributed by atoms with Crippen molar-refractivity contribution in [2.45, 2.75) is 39.2 Å². The van der Waals surface area contributed by atoms with Crippen LogP contribution in [-0.2, 0) is 0 Å². The third-order valence-corrected chi connectivity index (χ3v) is 5.65. The van der Waals surface area contributed by atoms with E-state index in [4.69, 9.17) is 0 Å². The molecule has 0 spiro atoms. The van der Waals surface area contributed by atoms with Crippen LogP contribution in [0.4, 0.5) is 0 Å². The van der Waals surface area contributed by atoms with Crippen LogP contribution >= 0.6 is 11.3 Å². The van der Waals surface area contributed by atoms with Crippen molar-refractivity contribution in [3.05, 3.63) is 57.3 Å². The smallest absolute Gasteiger partial charge is 0.0449 e. The van der Waals surface area contributed by atoms with E-state index in [0.717, 1.165) is 18.4 Å². The molecule has 1 aromatic carbocycles. The van der Waals surface area contributed by atoms with Gasteiger partial charge in [0.15, 0.2) is 0 Å². The summed E-state index contributed by atoms with van der Waals surface area (Å²) in [6.07, 6.45) is 1.32. The maximum Gasteiger partial charge on any atom is 0.0449 e. The lowest BCUT2D eigenvalue weighted by molar-refractivity contribution is 0.494. The van der Waals surface area contributed by atoms with Crippen LogP contribution in [0.25, 0.3) is 0 Å². The third-order valence-electron chi connectivity index (χ3n) is 4.41. The molecule has 1 N–H and O–H groups in total. The first kappa shape index (κ1) is 13.8. The minimum Gasteiger partial charge on any atom is -0.309 e. The Balaban J connectivity index is 1.79. The topological polar surface area (TPSA) is 12.0 Å². The highest BCUT2D eigenvalue weighted by Crippen LogP contribution is 2.54. The first-order chi connectivity index (χ1) is 9.70. The van der Waals surface area contributed by atoms with E-state index >= 15 is 0 Å². The first-order valence-electron chi connectivity index (χ1n) is 7.56. The van der Waals surface area contributed by atoms with Crippen LogP contribution in [0.5, 0.6) is 0 Å². The van der Waals surface area contributed by atoms with Crippen molar-refractivity contribution in [3.63, 3.8) is 0 Å². The van der Waals surface area contributed by atoms with Crippen molar-refractivity contribution >= 4 is 11.3 Å². The summed E-state index contributed by atoms with van der Waals surface area (Å²) >= 11 is 1.97. The molecule has 3 unspecified atom stereocenters. The Morgan fingerprint density at radius 1 is 1.25 bits per heavy atom. The minimum absolute atomic E-state index is 0.530. The van der Waals surface area contributed by atoms with Gasteiger partial charge in [0.25, 0.3) is 0 Å². The Kier molecular flexibility index (Phi) is 3.95. The second kappa shape index (κ2) is 5.71. The van der Waals surface area contributed by atoms with Crippen LogP contribution in [0.1, 0.15) is 46.2 Å². The van der Waals surface area contributed by atoms with Crippen LogP contribution < -0.4 is 5.32 Å². The first-order valence-corrected chi connectivity index (χ1v) is 8.37. The quantitative estimate of drug-likeness (QED) is 0.830. The molecule has 0 amide bonds. The summed E-state index contributed by atoms with van der Waals surface area (Å²) < 4.78 is 0. The van der Waals surface area contributed by atoms with Crippen LogP contribution in [0.3, 0.4) is 0 Å². The molecule has 106 valence electrons. The summed E-state index contributed by atoms with van der Waals surface area (Å²) in [6, 6.07) is 13.9. The molecule has 0 aliphatic heterocycles. The Bertz CT molecular complexity index is 553. The number of benzene rings is 1. The molecule has 2 heteroatoms. The molecule has 0 radical (unpaired) electrons. The molecule has 1 nitrogen and oxygen atoms in total. The lowest BCUT2D eigenvalue weighted by atomic mass is 10.0. The van der Waals surface area contributed by atoms with Crippen molar-refractivity contribution in [1.82, 2.24) is 5.32 Å². The van der Waals surface area contributed by atoms with E-state index in [9.17, 15) is 0 Å². The molecule has 1 saturated carbocycles. The molecule has 3 atom stereocenters. The van der Waals surface area contributed by atoms with Crippen molar-refractivity contribution in [2.75, 3.05) is 6.54 Å². The summed E-state index contributed by atoms with van der Waals surface area (Å²) in [5.74, 6) is 1.50. The van der Waals surface area contributed by atoms with Gasteiger partial charge in [-0.15, -0.1) is 11.3 Å². The fraction of sp³-hybridized carbons (Fsp3) is 0.444. The lowest BCUT2D eigenvalue weighted by Gasteiger charge is -2.16. The Morgan fingerprint density at radius 2 is 2.00 bits per heavy atom. The van der Waals surface area contributed by atoms with Gasteiger partial charge < -0.3 is 5.32 Å². The van der Waals surface area contributed by atoms with Gasteiger partial charge in [-0.25, -0.2) is 0 Å². The van der Waals surface area contributed by atoms with Crippen molar-refractivity contribution in [1.29, 1.82) is 0 Å². The Labute approximate surface area is 126 Å². The minimum atomic E-state index is 0.530. The summed E-state index contributed by atoms with van der Waals surface area (Å²) in [5.41, 5.74) is 2.94. The summed E-state index contributed by atoms with van der Waals surface area (Å²) in [5, 5.41) is 3.71. The second-order valence-electron chi connectivity index (χ2n) is 5.84. The fourth-order valence-electron chi connectivity index (χ4n) is 3.10. The maximum absolute atomic E-state index is 3.71. The molecule has 0 bridgehead atoms. The average molecular weight is 285 g/mol. The van der Waals surface area contributed by atoms with Crippen LogP contribution in [0, 0.1) is 19.8 Å². The molecule has 3 rings (SSSR count). The molecule has 1 aromatic heterocycles. The normalized spacial score (nSPS) is 22.8. The van der Waals surface area contributed by atoms with E-state index < -0.39 is 0 Å². The number of rotatable bonds is 5. The van der Waals surface area contributed by atoms with E-state index in [1.54, 1.807) is 0 Å². The van der Waals surface area contributed by atoms with Crippen LogP contribution in [-0.4, -0.2) is 6.54 Å². The molecule has 2 aromatic rings. The molecule has 20 heavy (non-hydrogen) atoms. The summed E-state index contributed by atoms with van der Waals surface area (Å²) in [4.78, 5) is 2.98. The third kappa shape index (κ3) is 2.68. The molecule has 1 aliphatic rings. The van der Waals surface area contributed by atoms with Crippen molar-refractivity contribution in [3.8, 4) is 0 Å². The van der Waals surface area contributed by atoms with E-state index in [2.05, 4.69) is 62.5 Å². The number of aryl methyl sites for hydroxylation is 2. The fourth-order valence-corrected chi connectivity index (χ4v) is 4.30. The standard InChI is InChI=1S/C18H23NS/c1-4-19-18(17-10-12(2)13(3)20-17)16-11-15(16)14-8-6-5-7-9-14/h5-10,15-16,18-19H,4,11H2,1-3H3. The summed E-state index contributed by atoms with van der Waals surface area (Å²) in [6.45, 7) is 7.70.